The lowest BCUT2D eigenvalue weighted by Crippen LogP contribution is -2.51. The summed E-state index contributed by atoms with van der Waals surface area (Å²) in [6.45, 7) is 8.22. The first-order valence-electron chi connectivity index (χ1n) is 15.5. The molecule has 1 amide bonds. The summed E-state index contributed by atoms with van der Waals surface area (Å²) in [4.78, 5) is 46.6. The molecule has 0 radical (unpaired) electrons. The molecule has 220 valence electrons. The van der Waals surface area contributed by atoms with Gasteiger partial charge in [-0.15, -0.1) is 0 Å². The van der Waals surface area contributed by atoms with Crippen LogP contribution in [0.5, 0.6) is 0 Å². The number of fused-ring (bicyclic) bond motifs is 6. The molecule has 44 heavy (non-hydrogen) atoms. The first-order valence-corrected chi connectivity index (χ1v) is 15.5. The molecule has 0 saturated carbocycles. The van der Waals surface area contributed by atoms with Crippen LogP contribution < -0.4 is 10.2 Å². The number of allylic oxidation sites excluding steroid dienone is 1. The molecule has 4 atom stereocenters. The van der Waals surface area contributed by atoms with Crippen LogP contribution in [0.25, 0.3) is 5.57 Å². The minimum atomic E-state index is -1.31. The van der Waals surface area contributed by atoms with E-state index in [0.29, 0.717) is 16.8 Å². The van der Waals surface area contributed by atoms with Gasteiger partial charge in [-0.3, -0.25) is 14.4 Å². The van der Waals surface area contributed by atoms with Crippen molar-refractivity contribution in [2.45, 2.75) is 58.0 Å². The molecule has 7 rings (SSSR count). The standard InChI is InChI=1S/C39H36N2O3/c1-5-8-26-14-18-27(19-15-26)36(42)34-35(37(43)28-16-11-23(2)12-17-28)41-32-20-13-24(3)21-29(32)25(4)22-33(41)39(34)30-9-6-7-10-31(30)40-38(39)44/h6-7,9-22,33-35H,5,8H2,1-4H3,(H,40,44)/t33-,34-,35+,39-/m0/s1. The third-order valence-corrected chi connectivity index (χ3v) is 9.80. The zero-order valence-electron chi connectivity index (χ0n) is 25.6. The quantitative estimate of drug-likeness (QED) is 0.240. The Bertz CT molecular complexity index is 1850. The average Bonchev–Trinajstić information content (AvgIpc) is 3.49. The van der Waals surface area contributed by atoms with E-state index in [1.165, 1.54) is 0 Å². The van der Waals surface area contributed by atoms with Crippen LogP contribution in [0.2, 0.25) is 0 Å². The minimum Gasteiger partial charge on any atom is -0.352 e. The topological polar surface area (TPSA) is 66.5 Å². The number of anilines is 2. The lowest BCUT2D eigenvalue weighted by molar-refractivity contribution is -0.121. The summed E-state index contributed by atoms with van der Waals surface area (Å²) in [6.07, 6.45) is 4.03. The Labute approximate surface area is 258 Å². The molecule has 3 aliphatic heterocycles. The van der Waals surface area contributed by atoms with Crippen molar-refractivity contribution in [3.05, 3.63) is 136 Å². The summed E-state index contributed by atoms with van der Waals surface area (Å²) in [6, 6.07) is 27.6. The van der Waals surface area contributed by atoms with Gasteiger partial charge in [-0.1, -0.05) is 103 Å². The molecule has 1 fully saturated rings. The van der Waals surface area contributed by atoms with Gasteiger partial charge in [0, 0.05) is 28.1 Å². The van der Waals surface area contributed by atoms with E-state index < -0.39 is 23.4 Å². The van der Waals surface area contributed by atoms with Crippen molar-refractivity contribution >= 4 is 34.4 Å². The molecule has 4 aromatic rings. The van der Waals surface area contributed by atoms with Gasteiger partial charge < -0.3 is 10.2 Å². The Morgan fingerprint density at radius 3 is 2.20 bits per heavy atom. The molecule has 3 heterocycles. The van der Waals surface area contributed by atoms with Crippen molar-refractivity contribution in [1.82, 2.24) is 0 Å². The number of amides is 1. The third-order valence-electron chi connectivity index (χ3n) is 9.80. The zero-order valence-corrected chi connectivity index (χ0v) is 25.6. The predicted molar refractivity (Wildman–Crippen MR) is 175 cm³/mol. The van der Waals surface area contributed by atoms with E-state index in [0.717, 1.165) is 51.9 Å². The van der Waals surface area contributed by atoms with Crippen molar-refractivity contribution in [2.75, 3.05) is 10.2 Å². The van der Waals surface area contributed by atoms with Crippen LogP contribution in [0.4, 0.5) is 11.4 Å². The number of carbonyl (C=O) groups is 3. The van der Waals surface area contributed by atoms with Crippen molar-refractivity contribution < 1.29 is 14.4 Å². The van der Waals surface area contributed by atoms with Crippen LogP contribution in [-0.2, 0) is 16.6 Å². The van der Waals surface area contributed by atoms with E-state index in [9.17, 15) is 9.59 Å². The van der Waals surface area contributed by atoms with Crippen molar-refractivity contribution in [3.63, 3.8) is 0 Å². The van der Waals surface area contributed by atoms with E-state index in [1.54, 1.807) is 0 Å². The summed E-state index contributed by atoms with van der Waals surface area (Å²) in [5, 5.41) is 3.12. The van der Waals surface area contributed by atoms with Crippen molar-refractivity contribution in [1.29, 1.82) is 0 Å². The normalized spacial score (nSPS) is 23.1. The van der Waals surface area contributed by atoms with Crippen molar-refractivity contribution in [3.8, 4) is 0 Å². The number of para-hydroxylation sites is 1. The number of benzene rings is 4. The maximum Gasteiger partial charge on any atom is 0.238 e. The number of nitrogens with zero attached hydrogens (tertiary/aromatic N) is 1. The average molecular weight is 581 g/mol. The highest BCUT2D eigenvalue weighted by molar-refractivity contribution is 6.18. The van der Waals surface area contributed by atoms with Crippen LogP contribution in [0.15, 0.2) is 97.1 Å². The maximum absolute atomic E-state index is 15.0. The third kappa shape index (κ3) is 4.02. The Morgan fingerprint density at radius 2 is 1.48 bits per heavy atom. The Morgan fingerprint density at radius 1 is 0.818 bits per heavy atom. The summed E-state index contributed by atoms with van der Waals surface area (Å²) in [7, 11) is 0. The number of rotatable bonds is 6. The van der Waals surface area contributed by atoms with E-state index in [2.05, 4.69) is 43.1 Å². The molecule has 1 N–H and O–H groups in total. The molecule has 0 aromatic heterocycles. The molecule has 3 aliphatic rings. The van der Waals surface area contributed by atoms with Gasteiger partial charge in [0.15, 0.2) is 11.6 Å². The highest BCUT2D eigenvalue weighted by atomic mass is 16.2. The van der Waals surface area contributed by atoms with Crippen LogP contribution in [0.1, 0.15) is 68.8 Å². The van der Waals surface area contributed by atoms with E-state index in [1.807, 2.05) is 91.9 Å². The Kier molecular flexibility index (Phi) is 6.65. The second kappa shape index (κ2) is 10.4. The summed E-state index contributed by atoms with van der Waals surface area (Å²) >= 11 is 0. The molecule has 5 nitrogen and oxygen atoms in total. The minimum absolute atomic E-state index is 0.163. The molecular formula is C39H36N2O3. The number of aryl methyl sites for hydroxylation is 3. The molecular weight excluding hydrogens is 544 g/mol. The number of Topliss-reactive ketones (excluding diaryl/α,β-unsaturated/α-hetero) is 2. The second-order valence-electron chi connectivity index (χ2n) is 12.6. The van der Waals surface area contributed by atoms with Gasteiger partial charge in [0.2, 0.25) is 5.91 Å². The largest absolute Gasteiger partial charge is 0.352 e. The molecule has 4 aromatic carbocycles. The molecule has 1 saturated heterocycles. The van der Waals surface area contributed by atoms with E-state index >= 15 is 4.79 Å². The molecule has 0 aliphatic carbocycles. The SMILES string of the molecule is CCCc1ccc(C(=O)[C@@H]2[C@H](C(=O)c3ccc(C)cc3)N3c4ccc(C)cc4C(C)=C[C@H]3[C@]23C(=O)Nc2ccccc23)cc1. The van der Waals surface area contributed by atoms with Crippen LogP contribution in [0.3, 0.4) is 0 Å². The molecule has 1 spiro atoms. The number of hydrogen-bond donors (Lipinski definition) is 1. The van der Waals surface area contributed by atoms with Gasteiger partial charge in [0.05, 0.1) is 12.0 Å². The van der Waals surface area contributed by atoms with Crippen LogP contribution >= 0.6 is 0 Å². The van der Waals surface area contributed by atoms with Gasteiger partial charge in [-0.2, -0.15) is 0 Å². The van der Waals surface area contributed by atoms with Crippen molar-refractivity contribution in [2.24, 2.45) is 5.92 Å². The Hall–Kier alpha value is -4.77. The first kappa shape index (κ1) is 28.0. The van der Waals surface area contributed by atoms with E-state index in [4.69, 9.17) is 0 Å². The lowest BCUT2D eigenvalue weighted by atomic mass is 9.64. The van der Waals surface area contributed by atoms with Crippen LogP contribution in [0, 0.1) is 19.8 Å². The van der Waals surface area contributed by atoms with Gasteiger partial charge in [0.25, 0.3) is 0 Å². The highest BCUT2D eigenvalue weighted by Gasteiger charge is 2.70. The van der Waals surface area contributed by atoms with E-state index in [-0.39, 0.29) is 17.5 Å². The first-order chi connectivity index (χ1) is 21.2. The molecule has 0 unspecified atom stereocenters. The molecule has 5 heteroatoms. The fourth-order valence-electron chi connectivity index (χ4n) is 7.74. The van der Waals surface area contributed by atoms with Crippen LogP contribution in [-0.4, -0.2) is 29.6 Å². The zero-order chi connectivity index (χ0) is 30.7. The monoisotopic (exact) mass is 580 g/mol. The van der Waals surface area contributed by atoms with Gasteiger partial charge in [-0.25, -0.2) is 0 Å². The number of nitrogens with one attached hydrogen (secondary N) is 1. The summed E-state index contributed by atoms with van der Waals surface area (Å²) < 4.78 is 0. The molecule has 0 bridgehead atoms. The van der Waals surface area contributed by atoms with Gasteiger partial charge in [-0.05, 0) is 62.1 Å². The number of ketones is 2. The fraction of sp³-hybridized carbons (Fsp3) is 0.256. The highest BCUT2D eigenvalue weighted by Crippen LogP contribution is 2.59. The number of hydrogen-bond acceptors (Lipinski definition) is 4. The summed E-state index contributed by atoms with van der Waals surface area (Å²) in [5.41, 5.74) is 7.40. The predicted octanol–water partition coefficient (Wildman–Crippen LogP) is 7.50. The maximum atomic E-state index is 15.0. The van der Waals surface area contributed by atoms with Gasteiger partial charge in [0.1, 0.15) is 11.5 Å². The fourth-order valence-corrected chi connectivity index (χ4v) is 7.74. The lowest BCUT2D eigenvalue weighted by Gasteiger charge is -2.39. The Balaban J connectivity index is 1.52. The summed E-state index contributed by atoms with van der Waals surface area (Å²) in [5.74, 6) is -1.57. The number of carbonyl (C=O) groups excluding carboxylic acids is 3. The van der Waals surface area contributed by atoms with Gasteiger partial charge >= 0.3 is 0 Å². The smallest absolute Gasteiger partial charge is 0.238 e. The second-order valence-corrected chi connectivity index (χ2v) is 12.6.